The van der Waals surface area contributed by atoms with Crippen molar-refractivity contribution < 1.29 is 9.59 Å². The van der Waals surface area contributed by atoms with Gasteiger partial charge in [0.15, 0.2) is 0 Å². The second-order valence-electron chi connectivity index (χ2n) is 5.96. The fourth-order valence-electron chi connectivity index (χ4n) is 2.99. The molecule has 0 aliphatic carbocycles. The summed E-state index contributed by atoms with van der Waals surface area (Å²) in [5.41, 5.74) is 2.13. The number of benzene rings is 1. The van der Waals surface area contributed by atoms with Gasteiger partial charge in [0.25, 0.3) is 0 Å². The van der Waals surface area contributed by atoms with E-state index in [1.165, 1.54) is 5.56 Å². The lowest BCUT2D eigenvalue weighted by atomic mass is 10.1. The molecule has 2 amide bonds. The summed E-state index contributed by atoms with van der Waals surface area (Å²) in [7, 11) is 0. The molecule has 24 heavy (non-hydrogen) atoms. The first-order chi connectivity index (χ1) is 11.7. The number of likely N-dealkylation sites (tertiary alicyclic amines) is 1. The van der Waals surface area contributed by atoms with Crippen molar-refractivity contribution in [3.63, 3.8) is 0 Å². The minimum Gasteiger partial charge on any atom is -0.354 e. The highest BCUT2D eigenvalue weighted by atomic mass is 16.2. The van der Waals surface area contributed by atoms with Crippen LogP contribution in [0.4, 0.5) is 0 Å². The normalized spacial score (nSPS) is 17.1. The fourth-order valence-corrected chi connectivity index (χ4v) is 2.99. The molecule has 0 saturated carbocycles. The van der Waals surface area contributed by atoms with Crippen LogP contribution in [0.1, 0.15) is 24.0 Å². The zero-order valence-corrected chi connectivity index (χ0v) is 13.5. The summed E-state index contributed by atoms with van der Waals surface area (Å²) >= 11 is 0. The van der Waals surface area contributed by atoms with Crippen LogP contribution in [-0.2, 0) is 22.6 Å². The molecular weight excluding hydrogens is 302 g/mol. The van der Waals surface area contributed by atoms with Crippen LogP contribution >= 0.6 is 0 Å². The predicted octanol–water partition coefficient (Wildman–Crippen LogP) is 1.93. The van der Waals surface area contributed by atoms with E-state index in [4.69, 9.17) is 0 Å². The van der Waals surface area contributed by atoms with Crippen molar-refractivity contribution in [2.45, 2.75) is 31.8 Å². The molecule has 5 nitrogen and oxygen atoms in total. The number of aromatic nitrogens is 1. The van der Waals surface area contributed by atoms with E-state index >= 15 is 0 Å². The quantitative estimate of drug-likeness (QED) is 0.883. The predicted molar refractivity (Wildman–Crippen MR) is 91.0 cm³/mol. The van der Waals surface area contributed by atoms with Gasteiger partial charge in [-0.15, -0.1) is 0 Å². The van der Waals surface area contributed by atoms with Gasteiger partial charge in [-0.05, 0) is 30.0 Å². The molecular formula is C19H21N3O2. The number of pyridine rings is 1. The summed E-state index contributed by atoms with van der Waals surface area (Å²) < 4.78 is 0. The molecule has 1 fully saturated rings. The zero-order valence-electron chi connectivity index (χ0n) is 13.5. The second-order valence-corrected chi connectivity index (χ2v) is 5.96. The minimum absolute atomic E-state index is 0.0297. The SMILES string of the molecule is O=C(NCCc1ccccc1)C1CCC(=O)N1Cc1cccnc1. The van der Waals surface area contributed by atoms with Crippen LogP contribution in [0, 0.1) is 0 Å². The molecule has 1 aliphatic rings. The summed E-state index contributed by atoms with van der Waals surface area (Å²) in [5.74, 6) is -0.0391. The maximum Gasteiger partial charge on any atom is 0.242 e. The molecule has 0 bridgehead atoms. The first-order valence-electron chi connectivity index (χ1n) is 8.24. The van der Waals surface area contributed by atoms with Crippen LogP contribution in [0.25, 0.3) is 0 Å². The largest absolute Gasteiger partial charge is 0.354 e. The van der Waals surface area contributed by atoms with Gasteiger partial charge in [0, 0.05) is 31.9 Å². The third kappa shape index (κ3) is 3.98. The van der Waals surface area contributed by atoms with Crippen molar-refractivity contribution in [2.24, 2.45) is 0 Å². The van der Waals surface area contributed by atoms with Gasteiger partial charge in [-0.3, -0.25) is 14.6 Å². The molecule has 1 unspecified atom stereocenters. The van der Waals surface area contributed by atoms with Crippen molar-refractivity contribution in [1.82, 2.24) is 15.2 Å². The fraction of sp³-hybridized carbons (Fsp3) is 0.316. The number of hydrogen-bond donors (Lipinski definition) is 1. The van der Waals surface area contributed by atoms with E-state index in [9.17, 15) is 9.59 Å². The number of nitrogens with one attached hydrogen (secondary N) is 1. The van der Waals surface area contributed by atoms with Gasteiger partial charge in [-0.25, -0.2) is 0 Å². The Morgan fingerprint density at radius 1 is 1.17 bits per heavy atom. The summed E-state index contributed by atoms with van der Waals surface area (Å²) in [6.07, 6.45) is 5.22. The Hall–Kier alpha value is -2.69. The molecule has 1 atom stereocenters. The lowest BCUT2D eigenvalue weighted by Gasteiger charge is -2.24. The Labute approximate surface area is 141 Å². The third-order valence-electron chi connectivity index (χ3n) is 4.26. The zero-order chi connectivity index (χ0) is 16.8. The monoisotopic (exact) mass is 323 g/mol. The van der Waals surface area contributed by atoms with Crippen LogP contribution in [0.2, 0.25) is 0 Å². The average Bonchev–Trinajstić information content (AvgIpc) is 2.97. The van der Waals surface area contributed by atoms with Gasteiger partial charge in [0.2, 0.25) is 11.8 Å². The summed E-state index contributed by atoms with van der Waals surface area (Å²) in [4.78, 5) is 30.3. The van der Waals surface area contributed by atoms with Crippen molar-refractivity contribution in [3.8, 4) is 0 Å². The molecule has 1 aromatic heterocycles. The smallest absolute Gasteiger partial charge is 0.242 e. The number of carbonyl (C=O) groups excluding carboxylic acids is 2. The molecule has 1 aromatic carbocycles. The first kappa shape index (κ1) is 16.2. The van der Waals surface area contributed by atoms with Crippen molar-refractivity contribution in [2.75, 3.05) is 6.54 Å². The summed E-state index contributed by atoms with van der Waals surface area (Å²) in [6, 6.07) is 13.4. The molecule has 2 heterocycles. The highest BCUT2D eigenvalue weighted by molar-refractivity contribution is 5.90. The molecule has 2 aromatic rings. The Balaban J connectivity index is 1.55. The van der Waals surface area contributed by atoms with E-state index in [0.29, 0.717) is 25.9 Å². The number of amides is 2. The van der Waals surface area contributed by atoms with E-state index in [1.54, 1.807) is 17.3 Å². The minimum atomic E-state index is -0.381. The summed E-state index contributed by atoms with van der Waals surface area (Å²) in [6.45, 7) is 1.01. The van der Waals surface area contributed by atoms with Gasteiger partial charge in [0.05, 0.1) is 0 Å². The van der Waals surface area contributed by atoms with Crippen LogP contribution < -0.4 is 5.32 Å². The lowest BCUT2D eigenvalue weighted by Crippen LogP contribution is -2.44. The van der Waals surface area contributed by atoms with Crippen LogP contribution in [0.5, 0.6) is 0 Å². The van der Waals surface area contributed by atoms with Gasteiger partial charge in [-0.1, -0.05) is 36.4 Å². The highest BCUT2D eigenvalue weighted by Crippen LogP contribution is 2.21. The van der Waals surface area contributed by atoms with Crippen LogP contribution in [0.3, 0.4) is 0 Å². The van der Waals surface area contributed by atoms with Gasteiger partial charge in [-0.2, -0.15) is 0 Å². The molecule has 124 valence electrons. The van der Waals surface area contributed by atoms with Crippen LogP contribution in [0.15, 0.2) is 54.9 Å². The van der Waals surface area contributed by atoms with E-state index < -0.39 is 0 Å². The van der Waals surface area contributed by atoms with Crippen molar-refractivity contribution >= 4 is 11.8 Å². The standard InChI is InChI=1S/C19H21N3O2/c23-18-9-8-17(22(18)14-16-7-4-11-20-13-16)19(24)21-12-10-15-5-2-1-3-6-15/h1-7,11,13,17H,8-10,12,14H2,(H,21,24). The molecule has 3 rings (SSSR count). The van der Waals surface area contributed by atoms with Gasteiger partial charge >= 0.3 is 0 Å². The molecule has 1 saturated heterocycles. The molecule has 5 heteroatoms. The maximum absolute atomic E-state index is 12.5. The maximum atomic E-state index is 12.5. The third-order valence-corrected chi connectivity index (χ3v) is 4.26. The van der Waals surface area contributed by atoms with Crippen LogP contribution in [-0.4, -0.2) is 34.3 Å². The summed E-state index contributed by atoms with van der Waals surface area (Å²) in [5, 5.41) is 2.96. The van der Waals surface area contributed by atoms with Gasteiger partial charge < -0.3 is 10.2 Å². The van der Waals surface area contributed by atoms with E-state index in [2.05, 4.69) is 10.3 Å². The van der Waals surface area contributed by atoms with Crippen molar-refractivity contribution in [1.29, 1.82) is 0 Å². The Morgan fingerprint density at radius 2 is 1.96 bits per heavy atom. The number of carbonyl (C=O) groups is 2. The lowest BCUT2D eigenvalue weighted by molar-refractivity contribution is -0.135. The Morgan fingerprint density at radius 3 is 2.71 bits per heavy atom. The first-order valence-corrected chi connectivity index (χ1v) is 8.24. The average molecular weight is 323 g/mol. The molecule has 0 spiro atoms. The Bertz CT molecular complexity index is 688. The van der Waals surface area contributed by atoms with Crippen molar-refractivity contribution in [3.05, 3.63) is 66.0 Å². The number of hydrogen-bond acceptors (Lipinski definition) is 3. The van der Waals surface area contributed by atoms with E-state index in [0.717, 1.165) is 12.0 Å². The van der Waals surface area contributed by atoms with E-state index in [1.807, 2.05) is 42.5 Å². The second kappa shape index (κ2) is 7.73. The van der Waals surface area contributed by atoms with Gasteiger partial charge in [0.1, 0.15) is 6.04 Å². The molecule has 1 N–H and O–H groups in total. The topological polar surface area (TPSA) is 62.3 Å². The van der Waals surface area contributed by atoms with E-state index in [-0.39, 0.29) is 17.9 Å². The highest BCUT2D eigenvalue weighted by Gasteiger charge is 2.35. The Kier molecular flexibility index (Phi) is 5.21. The molecule has 1 aliphatic heterocycles. The molecule has 0 radical (unpaired) electrons. The number of rotatable bonds is 6. The number of nitrogens with zero attached hydrogens (tertiary/aromatic N) is 2.